The average Bonchev–Trinajstić information content (AvgIpc) is 2.65. The van der Waals surface area contributed by atoms with Gasteiger partial charge in [0.05, 0.1) is 6.61 Å². The molecule has 1 heterocycles. The third-order valence-corrected chi connectivity index (χ3v) is 3.14. The number of ether oxygens (including phenoxy) is 1. The maximum atomic E-state index is 11.8. The van der Waals surface area contributed by atoms with E-state index in [0.29, 0.717) is 12.1 Å². The molecule has 1 aliphatic heterocycles. The summed E-state index contributed by atoms with van der Waals surface area (Å²) < 4.78 is 5.38. The quantitative estimate of drug-likeness (QED) is 0.804. The fraction of sp³-hybridized carbons (Fsp3) is 0.500. The molecule has 19 heavy (non-hydrogen) atoms. The molecule has 1 fully saturated rings. The number of hydrogen-bond donors (Lipinski definition) is 2. The first-order chi connectivity index (χ1) is 9.24. The molecule has 0 saturated carbocycles. The second-order valence-electron chi connectivity index (χ2n) is 4.73. The number of nitrogens with zero attached hydrogens (tertiary/aromatic N) is 1. The highest BCUT2D eigenvalue weighted by molar-refractivity contribution is 5.91. The third kappa shape index (κ3) is 4.89. The van der Waals surface area contributed by atoms with Crippen molar-refractivity contribution in [1.82, 2.24) is 4.90 Å². The van der Waals surface area contributed by atoms with E-state index < -0.39 is 0 Å². The minimum absolute atomic E-state index is 0.0239. The fourth-order valence-corrected chi connectivity index (χ4v) is 2.12. The zero-order valence-corrected chi connectivity index (χ0v) is 11.1. The molecular weight excluding hydrogens is 242 g/mol. The van der Waals surface area contributed by atoms with Gasteiger partial charge in [-0.15, -0.1) is 0 Å². The molecule has 0 radical (unpaired) electrons. The number of nitrogen functional groups attached to an aromatic ring is 1. The van der Waals surface area contributed by atoms with Crippen LogP contribution >= 0.6 is 0 Å². The largest absolute Gasteiger partial charge is 0.399 e. The lowest BCUT2D eigenvalue weighted by Gasteiger charge is -2.18. The minimum atomic E-state index is 0.0239. The van der Waals surface area contributed by atoms with Gasteiger partial charge in [-0.25, -0.2) is 0 Å². The van der Waals surface area contributed by atoms with Crippen LogP contribution in [0.2, 0.25) is 0 Å². The predicted molar refractivity (Wildman–Crippen MR) is 76.0 cm³/mol. The molecule has 2 rings (SSSR count). The van der Waals surface area contributed by atoms with Crippen LogP contribution in [0.25, 0.3) is 0 Å². The molecule has 1 aromatic carbocycles. The Bertz CT molecular complexity index is 415. The van der Waals surface area contributed by atoms with Crippen molar-refractivity contribution in [2.45, 2.75) is 12.8 Å². The lowest BCUT2D eigenvalue weighted by Crippen LogP contribution is -2.30. The van der Waals surface area contributed by atoms with Gasteiger partial charge in [-0.2, -0.15) is 0 Å². The van der Waals surface area contributed by atoms with Gasteiger partial charge < -0.3 is 20.7 Å². The van der Waals surface area contributed by atoms with Crippen molar-refractivity contribution in [2.24, 2.45) is 0 Å². The zero-order valence-electron chi connectivity index (χ0n) is 11.1. The molecule has 0 aromatic heterocycles. The number of carbonyl (C=O) groups excluding carboxylic acids is 1. The number of nitrogens with two attached hydrogens (primary N) is 1. The van der Waals surface area contributed by atoms with Crippen LogP contribution in [0.4, 0.5) is 11.4 Å². The first-order valence-electron chi connectivity index (χ1n) is 6.69. The summed E-state index contributed by atoms with van der Waals surface area (Å²) in [6, 6.07) is 7.23. The summed E-state index contributed by atoms with van der Waals surface area (Å²) in [4.78, 5) is 14.1. The van der Waals surface area contributed by atoms with E-state index in [4.69, 9.17) is 10.5 Å². The molecule has 0 unspecified atom stereocenters. The van der Waals surface area contributed by atoms with E-state index >= 15 is 0 Å². The van der Waals surface area contributed by atoms with Crippen LogP contribution in [-0.2, 0) is 9.53 Å². The van der Waals surface area contributed by atoms with Gasteiger partial charge in [-0.3, -0.25) is 4.79 Å². The van der Waals surface area contributed by atoms with Gasteiger partial charge in [0.25, 0.3) is 0 Å². The van der Waals surface area contributed by atoms with Crippen molar-refractivity contribution in [2.75, 3.05) is 43.9 Å². The molecular formula is C14H21N3O2. The van der Waals surface area contributed by atoms with Gasteiger partial charge in [-0.1, -0.05) is 6.07 Å². The summed E-state index contributed by atoms with van der Waals surface area (Å²) in [5.74, 6) is 0.0239. The Hall–Kier alpha value is -1.59. The van der Waals surface area contributed by atoms with Crippen molar-refractivity contribution < 1.29 is 9.53 Å². The molecule has 1 saturated heterocycles. The van der Waals surface area contributed by atoms with Crippen LogP contribution in [0, 0.1) is 0 Å². The number of benzene rings is 1. The normalized spacial score (nSPS) is 16.8. The molecule has 0 aliphatic carbocycles. The number of anilines is 2. The number of amides is 1. The molecule has 3 N–H and O–H groups in total. The lowest BCUT2D eigenvalue weighted by atomic mass is 10.2. The van der Waals surface area contributed by atoms with Gasteiger partial charge in [0, 0.05) is 44.0 Å². The lowest BCUT2D eigenvalue weighted by molar-refractivity contribution is -0.116. The molecule has 1 amide bonds. The van der Waals surface area contributed by atoms with Gasteiger partial charge in [0.2, 0.25) is 5.91 Å². The van der Waals surface area contributed by atoms with E-state index in [9.17, 15) is 4.79 Å². The first kappa shape index (κ1) is 13.8. The number of carbonyl (C=O) groups is 1. The molecule has 5 heteroatoms. The summed E-state index contributed by atoms with van der Waals surface area (Å²) in [5, 5.41) is 2.86. The van der Waals surface area contributed by atoms with E-state index in [1.54, 1.807) is 12.1 Å². The van der Waals surface area contributed by atoms with Crippen molar-refractivity contribution >= 4 is 17.3 Å². The van der Waals surface area contributed by atoms with E-state index in [1.807, 2.05) is 12.1 Å². The number of nitrogens with one attached hydrogen (secondary N) is 1. The Kier molecular flexibility index (Phi) is 5.18. The molecule has 5 nitrogen and oxygen atoms in total. The average molecular weight is 263 g/mol. The molecule has 104 valence electrons. The Morgan fingerprint density at radius 3 is 3.11 bits per heavy atom. The van der Waals surface area contributed by atoms with E-state index in [-0.39, 0.29) is 5.91 Å². The maximum Gasteiger partial charge on any atom is 0.225 e. The Balaban J connectivity index is 1.75. The second-order valence-corrected chi connectivity index (χ2v) is 4.73. The molecule has 1 aliphatic rings. The molecule has 0 spiro atoms. The van der Waals surface area contributed by atoms with Gasteiger partial charge >= 0.3 is 0 Å². The zero-order chi connectivity index (χ0) is 13.5. The second kappa shape index (κ2) is 7.11. The Labute approximate surface area is 113 Å². The summed E-state index contributed by atoms with van der Waals surface area (Å²) in [6.07, 6.45) is 1.53. The summed E-state index contributed by atoms with van der Waals surface area (Å²) in [7, 11) is 0. The highest BCUT2D eigenvalue weighted by atomic mass is 16.5. The predicted octanol–water partition coefficient (Wildman–Crippen LogP) is 1.32. The molecule has 0 bridgehead atoms. The summed E-state index contributed by atoms with van der Waals surface area (Å²) in [5.41, 5.74) is 7.08. The SMILES string of the molecule is Nc1cccc(NC(=O)CCN2CCCOCC2)c1. The van der Waals surface area contributed by atoms with Crippen molar-refractivity contribution in [1.29, 1.82) is 0 Å². The van der Waals surface area contributed by atoms with Crippen molar-refractivity contribution in [3.05, 3.63) is 24.3 Å². The maximum absolute atomic E-state index is 11.8. The summed E-state index contributed by atoms with van der Waals surface area (Å²) >= 11 is 0. The van der Waals surface area contributed by atoms with E-state index in [2.05, 4.69) is 10.2 Å². The monoisotopic (exact) mass is 263 g/mol. The standard InChI is InChI=1S/C14H21N3O2/c15-12-3-1-4-13(11-12)16-14(18)5-7-17-6-2-9-19-10-8-17/h1,3-4,11H,2,5-10,15H2,(H,16,18). The minimum Gasteiger partial charge on any atom is -0.399 e. The van der Waals surface area contributed by atoms with Crippen LogP contribution in [0.1, 0.15) is 12.8 Å². The van der Waals surface area contributed by atoms with Crippen LogP contribution in [0.5, 0.6) is 0 Å². The van der Waals surface area contributed by atoms with Gasteiger partial charge in [0.1, 0.15) is 0 Å². The Morgan fingerprint density at radius 2 is 2.26 bits per heavy atom. The highest BCUT2D eigenvalue weighted by Gasteiger charge is 2.11. The van der Waals surface area contributed by atoms with Crippen LogP contribution in [0.3, 0.4) is 0 Å². The van der Waals surface area contributed by atoms with Gasteiger partial charge in [0.15, 0.2) is 0 Å². The highest BCUT2D eigenvalue weighted by Crippen LogP contribution is 2.12. The first-order valence-corrected chi connectivity index (χ1v) is 6.69. The molecule has 0 atom stereocenters. The van der Waals surface area contributed by atoms with Crippen LogP contribution < -0.4 is 11.1 Å². The van der Waals surface area contributed by atoms with E-state index in [1.165, 1.54) is 0 Å². The van der Waals surface area contributed by atoms with Crippen LogP contribution in [0.15, 0.2) is 24.3 Å². The fourth-order valence-electron chi connectivity index (χ4n) is 2.12. The Morgan fingerprint density at radius 1 is 1.37 bits per heavy atom. The van der Waals surface area contributed by atoms with Crippen molar-refractivity contribution in [3.63, 3.8) is 0 Å². The van der Waals surface area contributed by atoms with Crippen LogP contribution in [-0.4, -0.2) is 43.7 Å². The van der Waals surface area contributed by atoms with E-state index in [0.717, 1.165) is 45.0 Å². The topological polar surface area (TPSA) is 67.6 Å². The summed E-state index contributed by atoms with van der Waals surface area (Å²) in [6.45, 7) is 4.28. The van der Waals surface area contributed by atoms with Gasteiger partial charge in [-0.05, 0) is 24.6 Å². The number of rotatable bonds is 4. The van der Waals surface area contributed by atoms with Crippen molar-refractivity contribution in [3.8, 4) is 0 Å². The number of hydrogen-bond acceptors (Lipinski definition) is 4. The third-order valence-electron chi connectivity index (χ3n) is 3.14. The smallest absolute Gasteiger partial charge is 0.225 e. The molecule has 1 aromatic rings.